The van der Waals surface area contributed by atoms with Crippen LogP contribution in [0.25, 0.3) is 11.5 Å². The third-order valence-corrected chi connectivity index (χ3v) is 3.95. The van der Waals surface area contributed by atoms with E-state index in [4.69, 9.17) is 10.9 Å². The Kier molecular flexibility index (Phi) is 5.36. The van der Waals surface area contributed by atoms with Crippen LogP contribution in [0.5, 0.6) is 0 Å². The van der Waals surface area contributed by atoms with E-state index in [1.807, 2.05) is 25.1 Å². The van der Waals surface area contributed by atoms with Crippen molar-refractivity contribution in [3.05, 3.63) is 77.7 Å². The van der Waals surface area contributed by atoms with Crippen LogP contribution in [0.3, 0.4) is 0 Å². The van der Waals surface area contributed by atoms with E-state index in [0.29, 0.717) is 22.6 Å². The van der Waals surface area contributed by atoms with Gasteiger partial charge in [0.15, 0.2) is 11.7 Å². The van der Waals surface area contributed by atoms with Crippen molar-refractivity contribution in [1.29, 1.82) is 0 Å². The number of nitrogens with one attached hydrogen (secondary N) is 1. The molecule has 2 heterocycles. The number of oxime groups is 1. The number of benzene rings is 1. The number of pyridine rings is 1. The van der Waals surface area contributed by atoms with E-state index >= 15 is 0 Å². The highest BCUT2D eigenvalue weighted by Crippen LogP contribution is 2.15. The number of amides is 1. The minimum atomic E-state index is -0.302. The molecule has 0 unspecified atom stereocenters. The van der Waals surface area contributed by atoms with Crippen molar-refractivity contribution in [2.24, 2.45) is 10.9 Å². The number of carbonyl (C=O) groups excluding carboxylic acids is 1. The molecule has 3 aromatic rings. The molecular formula is C19H18N6O2. The highest BCUT2D eigenvalue weighted by molar-refractivity contribution is 5.97. The molecule has 4 N–H and O–H groups in total. The second-order valence-electron chi connectivity index (χ2n) is 5.82. The average molecular weight is 362 g/mol. The van der Waals surface area contributed by atoms with Crippen LogP contribution >= 0.6 is 0 Å². The first-order valence-corrected chi connectivity index (χ1v) is 8.20. The Morgan fingerprint density at radius 3 is 2.56 bits per heavy atom. The first-order chi connectivity index (χ1) is 13.1. The van der Waals surface area contributed by atoms with E-state index in [9.17, 15) is 4.79 Å². The minimum Gasteiger partial charge on any atom is -0.409 e. The van der Waals surface area contributed by atoms with Gasteiger partial charge in [0.2, 0.25) is 0 Å². The summed E-state index contributed by atoms with van der Waals surface area (Å²) in [7, 11) is 0. The van der Waals surface area contributed by atoms with E-state index in [0.717, 1.165) is 5.56 Å². The highest BCUT2D eigenvalue weighted by atomic mass is 16.4. The monoisotopic (exact) mass is 362 g/mol. The predicted molar refractivity (Wildman–Crippen MR) is 100 cm³/mol. The van der Waals surface area contributed by atoms with Crippen molar-refractivity contribution in [3.8, 4) is 11.5 Å². The number of rotatable bonds is 5. The first-order valence-electron chi connectivity index (χ1n) is 8.20. The normalized spacial score (nSPS) is 12.4. The third-order valence-electron chi connectivity index (χ3n) is 3.95. The van der Waals surface area contributed by atoms with Gasteiger partial charge < -0.3 is 16.3 Å². The van der Waals surface area contributed by atoms with E-state index in [1.165, 1.54) is 12.4 Å². The fraction of sp³-hybridized carbons (Fsp3) is 0.105. The summed E-state index contributed by atoms with van der Waals surface area (Å²) >= 11 is 0. The van der Waals surface area contributed by atoms with E-state index in [1.54, 1.807) is 30.5 Å². The van der Waals surface area contributed by atoms with Crippen molar-refractivity contribution < 1.29 is 10.0 Å². The molecule has 1 aromatic carbocycles. The lowest BCUT2D eigenvalue weighted by Gasteiger charge is -2.15. The Hall–Kier alpha value is -3.81. The number of nitrogens with zero attached hydrogens (tertiary/aromatic N) is 4. The number of aromatic nitrogens is 3. The molecule has 3 rings (SSSR count). The van der Waals surface area contributed by atoms with Crippen molar-refractivity contribution in [3.63, 3.8) is 0 Å². The van der Waals surface area contributed by atoms with E-state index < -0.39 is 0 Å². The Balaban J connectivity index is 1.72. The highest BCUT2D eigenvalue weighted by Gasteiger charge is 2.14. The van der Waals surface area contributed by atoms with Crippen molar-refractivity contribution in [2.45, 2.75) is 13.0 Å². The minimum absolute atomic E-state index is 0.00823. The molecular weight excluding hydrogens is 344 g/mol. The molecule has 0 aliphatic carbocycles. The summed E-state index contributed by atoms with van der Waals surface area (Å²) in [4.78, 5) is 25.0. The van der Waals surface area contributed by atoms with E-state index in [2.05, 4.69) is 25.4 Å². The van der Waals surface area contributed by atoms with Crippen LogP contribution in [0.2, 0.25) is 0 Å². The molecule has 0 aliphatic rings. The van der Waals surface area contributed by atoms with Gasteiger partial charge in [-0.3, -0.25) is 9.78 Å². The molecule has 0 aliphatic heterocycles. The van der Waals surface area contributed by atoms with Crippen molar-refractivity contribution in [2.75, 3.05) is 0 Å². The zero-order valence-corrected chi connectivity index (χ0v) is 14.6. The van der Waals surface area contributed by atoms with Gasteiger partial charge in [0.05, 0.1) is 11.6 Å². The Morgan fingerprint density at radius 2 is 1.89 bits per heavy atom. The summed E-state index contributed by atoms with van der Waals surface area (Å²) in [5.74, 6) is 0.157. The van der Waals surface area contributed by atoms with Gasteiger partial charge >= 0.3 is 0 Å². The number of carbonyl (C=O) groups is 1. The van der Waals surface area contributed by atoms with Crippen molar-refractivity contribution in [1.82, 2.24) is 20.3 Å². The van der Waals surface area contributed by atoms with Crippen LogP contribution in [-0.2, 0) is 0 Å². The lowest BCUT2D eigenvalue weighted by Crippen LogP contribution is -2.27. The maximum absolute atomic E-state index is 12.5. The molecule has 0 bridgehead atoms. The summed E-state index contributed by atoms with van der Waals surface area (Å²) in [5.41, 5.74) is 7.97. The van der Waals surface area contributed by atoms with Crippen LogP contribution in [0.4, 0.5) is 0 Å². The number of hydrogen-bond acceptors (Lipinski definition) is 6. The van der Waals surface area contributed by atoms with Crippen molar-refractivity contribution >= 4 is 11.7 Å². The van der Waals surface area contributed by atoms with Crippen LogP contribution in [-0.4, -0.2) is 31.9 Å². The summed E-state index contributed by atoms with van der Waals surface area (Å²) in [6.45, 7) is 1.84. The van der Waals surface area contributed by atoms with Gasteiger partial charge in [-0.25, -0.2) is 9.97 Å². The third kappa shape index (κ3) is 4.24. The lowest BCUT2D eigenvalue weighted by atomic mass is 10.0. The second kappa shape index (κ2) is 8.05. The molecule has 0 saturated heterocycles. The molecule has 1 amide bonds. The number of hydrogen-bond donors (Lipinski definition) is 3. The summed E-state index contributed by atoms with van der Waals surface area (Å²) < 4.78 is 0. The van der Waals surface area contributed by atoms with Gasteiger partial charge in [-0.15, -0.1) is 0 Å². The molecule has 8 nitrogen and oxygen atoms in total. The van der Waals surface area contributed by atoms with Gasteiger partial charge in [-0.05, 0) is 30.7 Å². The molecule has 27 heavy (non-hydrogen) atoms. The van der Waals surface area contributed by atoms with Crippen LogP contribution in [0.1, 0.15) is 34.5 Å². The fourth-order valence-electron chi connectivity index (χ4n) is 2.46. The molecule has 136 valence electrons. The quantitative estimate of drug-likeness (QED) is 0.276. The van der Waals surface area contributed by atoms with Gasteiger partial charge in [-0.2, -0.15) is 0 Å². The second-order valence-corrected chi connectivity index (χ2v) is 5.82. The van der Waals surface area contributed by atoms with Crippen LogP contribution in [0.15, 0.2) is 66.2 Å². The smallest absolute Gasteiger partial charge is 0.254 e. The average Bonchev–Trinajstić information content (AvgIpc) is 2.74. The predicted octanol–water partition coefficient (Wildman–Crippen LogP) is 2.12. The number of nitrogens with two attached hydrogens (primary N) is 1. The molecule has 1 atom stereocenters. The van der Waals surface area contributed by atoms with Gasteiger partial charge in [0, 0.05) is 24.2 Å². The maximum Gasteiger partial charge on any atom is 0.254 e. The van der Waals surface area contributed by atoms with E-state index in [-0.39, 0.29) is 17.8 Å². The maximum atomic E-state index is 12.5. The summed E-state index contributed by atoms with van der Waals surface area (Å²) in [5, 5.41) is 14.7. The Labute approximate surface area is 155 Å². The molecule has 0 spiro atoms. The topological polar surface area (TPSA) is 126 Å². The zero-order chi connectivity index (χ0) is 19.2. The van der Waals surface area contributed by atoms with Gasteiger partial charge in [0.25, 0.3) is 5.91 Å². The standard InChI is InChI=1S/C19H18N6O2/c1-12(13-5-4-6-14(9-13)17(20)25-27)24-19(26)15-10-22-18(23-11-15)16-7-2-3-8-21-16/h2-12,27H,1H3,(H2,20,25)(H,24,26)/t12-/m1/s1. The molecule has 0 radical (unpaired) electrons. The lowest BCUT2D eigenvalue weighted by molar-refractivity contribution is 0.0939. The Bertz CT molecular complexity index is 957. The molecule has 0 fully saturated rings. The Morgan fingerprint density at radius 1 is 1.11 bits per heavy atom. The zero-order valence-electron chi connectivity index (χ0n) is 14.6. The van der Waals surface area contributed by atoms with Crippen LogP contribution in [0, 0.1) is 0 Å². The fourth-order valence-corrected chi connectivity index (χ4v) is 2.46. The molecule has 0 saturated carbocycles. The van der Waals surface area contributed by atoms with Gasteiger partial charge in [-0.1, -0.05) is 29.4 Å². The first kappa shape index (κ1) is 18.0. The SMILES string of the molecule is C[C@@H](NC(=O)c1cnc(-c2ccccn2)nc1)c1cccc(/C(N)=N/O)c1. The largest absolute Gasteiger partial charge is 0.409 e. The number of amidine groups is 1. The molecule has 8 heteroatoms. The summed E-state index contributed by atoms with van der Waals surface area (Å²) in [6, 6.07) is 12.2. The summed E-state index contributed by atoms with van der Waals surface area (Å²) in [6.07, 6.45) is 4.58. The van der Waals surface area contributed by atoms with Gasteiger partial charge in [0.1, 0.15) is 5.69 Å². The molecule has 2 aromatic heterocycles. The van der Waals surface area contributed by atoms with Crippen LogP contribution < -0.4 is 11.1 Å².